The Kier molecular flexibility index (Phi) is 9.19. The van der Waals surface area contributed by atoms with Crippen molar-refractivity contribution in [1.29, 1.82) is 0 Å². The van der Waals surface area contributed by atoms with Gasteiger partial charge in [0, 0.05) is 29.8 Å². The Labute approximate surface area is 209 Å². The topological polar surface area (TPSA) is 77.5 Å². The molecule has 0 aromatic rings. The molecule has 0 aromatic heterocycles. The zero-order valence-corrected chi connectivity index (χ0v) is 20.9. The molecule has 6 nitrogen and oxygen atoms in total. The number of amides is 1. The van der Waals surface area contributed by atoms with Crippen LogP contribution < -0.4 is 21.5 Å². The maximum atomic E-state index is 14.3. The fourth-order valence-electron chi connectivity index (χ4n) is 5.91. The number of hydrogen-bond acceptors (Lipinski definition) is 4. The van der Waals surface area contributed by atoms with Crippen LogP contribution in [0.5, 0.6) is 0 Å². The first-order chi connectivity index (χ1) is 16.7. The van der Waals surface area contributed by atoms with Gasteiger partial charge >= 0.3 is 0 Å². The Morgan fingerprint density at radius 1 is 0.886 bits per heavy atom. The fourth-order valence-corrected chi connectivity index (χ4v) is 6.32. The molecule has 4 N–H and O–H groups in total. The van der Waals surface area contributed by atoms with Crippen molar-refractivity contribution in [1.82, 2.24) is 21.5 Å². The maximum absolute atomic E-state index is 14.3. The van der Waals surface area contributed by atoms with Gasteiger partial charge in [0.25, 0.3) is 0 Å². The van der Waals surface area contributed by atoms with E-state index in [1.807, 2.05) is 6.92 Å². The highest BCUT2D eigenvalue weighted by Crippen LogP contribution is 2.35. The van der Waals surface area contributed by atoms with E-state index in [0.29, 0.717) is 19.3 Å². The number of hydrazine groups is 1. The average molecular weight is 524 g/mol. The van der Waals surface area contributed by atoms with Crippen LogP contribution in [0.25, 0.3) is 0 Å². The van der Waals surface area contributed by atoms with Gasteiger partial charge in [-0.3, -0.25) is 15.5 Å². The zero-order chi connectivity index (χ0) is 25.1. The van der Waals surface area contributed by atoms with Crippen LogP contribution in [0.15, 0.2) is 4.99 Å². The quantitative estimate of drug-likeness (QED) is 0.194. The molecule has 1 amide bonds. The van der Waals surface area contributed by atoms with Gasteiger partial charge in [0.2, 0.25) is 5.91 Å². The third kappa shape index (κ3) is 7.22. The Balaban J connectivity index is 1.41. The molecule has 0 radical (unpaired) electrons. The Morgan fingerprint density at radius 2 is 1.69 bits per heavy atom. The lowest BCUT2D eigenvalue weighted by molar-refractivity contribution is -0.125. The molecule has 4 rings (SSSR count). The molecule has 3 aliphatic carbocycles. The van der Waals surface area contributed by atoms with Crippen molar-refractivity contribution >= 4 is 23.5 Å². The van der Waals surface area contributed by atoms with Gasteiger partial charge in [-0.15, -0.1) is 11.6 Å². The summed E-state index contributed by atoms with van der Waals surface area (Å²) < 4.78 is 55.8. The van der Waals surface area contributed by atoms with Crippen LogP contribution in [-0.4, -0.2) is 60.2 Å². The molecular formula is C24H38ClF4N5O. The standard InChI is InChI=1S/C24H38ClF4N5O/c1-12-2-3-13(6-19(12)28)21-11-22(34-33-21)31-24(30-17-9-15(25)8-16(26)10-17)32-23(35)14-4-5-18(27)20(29)7-14/h12-22,33-34H,2-11H2,1H3,(H2,30,31,32,35). The van der Waals surface area contributed by atoms with E-state index in [1.54, 1.807) is 0 Å². The predicted octanol–water partition coefficient (Wildman–Crippen LogP) is 3.99. The molecule has 0 aromatic carbocycles. The molecule has 11 unspecified atom stereocenters. The highest BCUT2D eigenvalue weighted by atomic mass is 35.5. The Bertz CT molecular complexity index is 753. The molecule has 0 bridgehead atoms. The molecule has 1 saturated heterocycles. The van der Waals surface area contributed by atoms with Crippen molar-refractivity contribution in [3.8, 4) is 0 Å². The van der Waals surface area contributed by atoms with Gasteiger partial charge < -0.3 is 5.32 Å². The molecule has 0 spiro atoms. The van der Waals surface area contributed by atoms with Crippen molar-refractivity contribution in [2.24, 2.45) is 22.7 Å². The molecule has 4 fully saturated rings. The second kappa shape index (κ2) is 11.9. The summed E-state index contributed by atoms with van der Waals surface area (Å²) in [6.45, 7) is 1.94. The minimum absolute atomic E-state index is 0.00456. The molecule has 200 valence electrons. The summed E-state index contributed by atoms with van der Waals surface area (Å²) in [7, 11) is 0. The van der Waals surface area contributed by atoms with Crippen molar-refractivity contribution in [3.63, 3.8) is 0 Å². The van der Waals surface area contributed by atoms with Crippen LogP contribution in [0.2, 0.25) is 0 Å². The number of nitrogens with zero attached hydrogens (tertiary/aromatic N) is 1. The third-order valence-electron chi connectivity index (χ3n) is 8.14. The summed E-state index contributed by atoms with van der Waals surface area (Å²) in [6.07, 6.45) is -1.37. The summed E-state index contributed by atoms with van der Waals surface area (Å²) in [6, 6.07) is -0.260. The number of hydrogen-bond donors (Lipinski definition) is 4. The van der Waals surface area contributed by atoms with E-state index in [9.17, 15) is 22.4 Å². The highest BCUT2D eigenvalue weighted by Gasteiger charge is 2.38. The molecule has 4 aliphatic rings. The highest BCUT2D eigenvalue weighted by molar-refractivity contribution is 6.20. The van der Waals surface area contributed by atoms with E-state index in [0.717, 1.165) is 12.8 Å². The van der Waals surface area contributed by atoms with E-state index in [1.165, 1.54) is 0 Å². The van der Waals surface area contributed by atoms with Gasteiger partial charge in [0.1, 0.15) is 30.9 Å². The normalized spacial score (nSPS) is 45.2. The minimum atomic E-state index is -1.66. The van der Waals surface area contributed by atoms with Gasteiger partial charge in [0.15, 0.2) is 5.96 Å². The van der Waals surface area contributed by atoms with E-state index in [4.69, 9.17) is 11.6 Å². The summed E-state index contributed by atoms with van der Waals surface area (Å²) in [5.41, 5.74) is 6.35. The van der Waals surface area contributed by atoms with Crippen molar-refractivity contribution in [3.05, 3.63) is 0 Å². The number of halogens is 5. The summed E-state index contributed by atoms with van der Waals surface area (Å²) >= 11 is 6.21. The fraction of sp³-hybridized carbons (Fsp3) is 0.917. The van der Waals surface area contributed by atoms with Gasteiger partial charge in [-0.05, 0) is 69.6 Å². The first-order valence-corrected chi connectivity index (χ1v) is 13.5. The Morgan fingerprint density at radius 3 is 2.40 bits per heavy atom. The predicted molar refractivity (Wildman–Crippen MR) is 128 cm³/mol. The lowest BCUT2D eigenvalue weighted by Crippen LogP contribution is -2.51. The lowest BCUT2D eigenvalue weighted by atomic mass is 9.77. The molecule has 3 saturated carbocycles. The third-order valence-corrected chi connectivity index (χ3v) is 8.50. The van der Waals surface area contributed by atoms with Gasteiger partial charge in [0.05, 0.1) is 0 Å². The SMILES string of the molecule is CC1CCC(C2CC(/N=C(/NC(=O)C3CCC(F)C(F)C3)NC3CC(F)CC(Cl)C3)NN2)CC1F. The van der Waals surface area contributed by atoms with E-state index in [2.05, 4.69) is 26.5 Å². The molecule has 1 aliphatic heterocycles. The average Bonchev–Trinajstić information content (AvgIpc) is 3.25. The molecule has 1 heterocycles. The van der Waals surface area contributed by atoms with E-state index in [-0.39, 0.29) is 73.5 Å². The van der Waals surface area contributed by atoms with E-state index >= 15 is 0 Å². The molecule has 11 heteroatoms. The zero-order valence-electron chi connectivity index (χ0n) is 20.2. The number of carbonyl (C=O) groups is 1. The molecule has 35 heavy (non-hydrogen) atoms. The van der Waals surface area contributed by atoms with Crippen molar-refractivity contribution in [2.75, 3.05) is 0 Å². The number of rotatable bonds is 4. The number of alkyl halides is 5. The number of aliphatic imine (C=N–C) groups is 1. The first kappa shape index (κ1) is 26.9. The van der Waals surface area contributed by atoms with Crippen LogP contribution in [0, 0.1) is 17.8 Å². The molecule has 11 atom stereocenters. The second-order valence-electron chi connectivity index (χ2n) is 11.0. The molecular weight excluding hydrogens is 486 g/mol. The van der Waals surface area contributed by atoms with Crippen LogP contribution in [0.1, 0.15) is 71.1 Å². The smallest absolute Gasteiger partial charge is 0.229 e. The first-order valence-electron chi connectivity index (χ1n) is 13.0. The number of guanidine groups is 1. The maximum Gasteiger partial charge on any atom is 0.229 e. The largest absolute Gasteiger partial charge is 0.353 e. The monoisotopic (exact) mass is 523 g/mol. The lowest BCUT2D eigenvalue weighted by Gasteiger charge is -2.32. The van der Waals surface area contributed by atoms with Gasteiger partial charge in [-0.2, -0.15) is 0 Å². The van der Waals surface area contributed by atoms with Crippen molar-refractivity contribution < 1.29 is 22.4 Å². The van der Waals surface area contributed by atoms with Crippen molar-refractivity contribution in [2.45, 2.75) is 119 Å². The summed E-state index contributed by atoms with van der Waals surface area (Å²) in [4.78, 5) is 17.5. The van der Waals surface area contributed by atoms with Crippen LogP contribution in [-0.2, 0) is 4.79 Å². The Hall–Kier alpha value is -1.13. The number of carbonyl (C=O) groups excluding carboxylic acids is 1. The minimum Gasteiger partial charge on any atom is -0.353 e. The van der Waals surface area contributed by atoms with Gasteiger partial charge in [-0.1, -0.05) is 6.92 Å². The summed E-state index contributed by atoms with van der Waals surface area (Å²) in [5.74, 6) is -0.628. The second-order valence-corrected chi connectivity index (χ2v) is 11.6. The van der Waals surface area contributed by atoms with Crippen LogP contribution in [0.4, 0.5) is 17.6 Å². The number of nitrogens with one attached hydrogen (secondary N) is 4. The van der Waals surface area contributed by atoms with Crippen LogP contribution >= 0.6 is 11.6 Å². The summed E-state index contributed by atoms with van der Waals surface area (Å²) in [5, 5.41) is 5.57. The van der Waals surface area contributed by atoms with Gasteiger partial charge in [-0.25, -0.2) is 28.0 Å². The van der Waals surface area contributed by atoms with E-state index < -0.39 is 36.5 Å². The van der Waals surface area contributed by atoms with Crippen LogP contribution in [0.3, 0.4) is 0 Å².